The third-order valence-electron chi connectivity index (χ3n) is 9.13. The Morgan fingerprint density at radius 1 is 0.411 bits per heavy atom. The predicted octanol–water partition coefficient (Wildman–Crippen LogP) is 0.665. The monoisotopic (exact) mass is 784 g/mol. The van der Waals surface area contributed by atoms with Gasteiger partial charge in [-0.25, -0.2) is 19.2 Å². The Balaban J connectivity index is 1.45. The van der Waals surface area contributed by atoms with Gasteiger partial charge in [-0.3, -0.25) is 0 Å². The van der Waals surface area contributed by atoms with Crippen LogP contribution in [0.5, 0.6) is 69.0 Å². The molecule has 3 aliphatic heterocycles. The molecule has 56 heavy (non-hydrogen) atoms. The smallest absolute Gasteiger partial charge is 0.342 e. The minimum atomic E-state index is -2.43. The average Bonchev–Trinajstić information content (AvgIpc) is 3.17. The first-order valence-corrected chi connectivity index (χ1v) is 15.6. The number of cyclic esters (lactones) is 1. The van der Waals surface area contributed by atoms with E-state index in [4.69, 9.17) is 23.7 Å². The van der Waals surface area contributed by atoms with E-state index in [-0.39, 0.29) is 0 Å². The molecular formula is C34H24O22. The summed E-state index contributed by atoms with van der Waals surface area (Å²) < 4.78 is 27.1. The summed E-state index contributed by atoms with van der Waals surface area (Å²) in [6.07, 6.45) is -11.3. The van der Waals surface area contributed by atoms with E-state index in [2.05, 4.69) is 0 Å². The van der Waals surface area contributed by atoms with E-state index in [1.165, 1.54) is 0 Å². The van der Waals surface area contributed by atoms with Crippen LogP contribution in [0.15, 0.2) is 24.3 Å². The SMILES string of the molecule is O=C1OC2C(O)OC3COC(=O)c4cc(O)c(O)c(O)c4-c4c(cc(O)c(O)c4O)C(=O)OC3C2OC(=O)c2cc(O)c(O)c(O)c2-c2cc1c(O)c(O)c2O. The standard InChI is InChI=1S/C34H24O22/c35-11-2-7-15(23(43)20(11)40)6-1-10(19(39)26(46)18(6)38)33(50)56-29-28(55-31(7)48)27-14(53-34(29)51)5-52-30(47)8-3-12(36)21(41)24(44)16(8)17-9(32(49)54-27)4-13(37)22(42)25(17)45/h1-4,14,27-29,34-46,51H,5H2. The van der Waals surface area contributed by atoms with Crippen molar-refractivity contribution in [2.45, 2.75) is 30.7 Å². The van der Waals surface area contributed by atoms with Crippen molar-refractivity contribution in [3.05, 3.63) is 46.5 Å². The van der Waals surface area contributed by atoms with Gasteiger partial charge in [0.05, 0.1) is 16.7 Å². The highest BCUT2D eigenvalue weighted by atomic mass is 16.7. The summed E-state index contributed by atoms with van der Waals surface area (Å²) in [7, 11) is 0. The van der Waals surface area contributed by atoms with Gasteiger partial charge in [0.1, 0.15) is 18.3 Å². The number of aromatic hydroxyl groups is 12. The van der Waals surface area contributed by atoms with Gasteiger partial charge in [-0.05, 0) is 24.3 Å². The molecule has 22 heteroatoms. The van der Waals surface area contributed by atoms with Gasteiger partial charge in [-0.15, -0.1) is 0 Å². The fourth-order valence-corrected chi connectivity index (χ4v) is 6.42. The maximum atomic E-state index is 14.1. The number of aliphatic hydroxyl groups excluding tert-OH is 1. The summed E-state index contributed by atoms with van der Waals surface area (Å²) in [4.78, 5) is 55.1. The van der Waals surface area contributed by atoms with E-state index in [0.29, 0.717) is 24.3 Å². The third kappa shape index (κ3) is 5.34. The molecule has 1 fully saturated rings. The van der Waals surface area contributed by atoms with Crippen molar-refractivity contribution in [3.63, 3.8) is 0 Å². The number of benzene rings is 4. The van der Waals surface area contributed by atoms with Crippen molar-refractivity contribution in [2.75, 3.05) is 6.61 Å². The molecule has 22 nitrogen and oxygen atoms in total. The van der Waals surface area contributed by atoms with Crippen LogP contribution in [-0.2, 0) is 23.7 Å². The Labute approximate surface area is 308 Å². The van der Waals surface area contributed by atoms with Crippen molar-refractivity contribution >= 4 is 23.9 Å². The molecule has 2 bridgehead atoms. The van der Waals surface area contributed by atoms with Crippen LogP contribution in [0.2, 0.25) is 0 Å². The largest absolute Gasteiger partial charge is 0.504 e. The van der Waals surface area contributed by atoms with Gasteiger partial charge in [0, 0.05) is 22.3 Å². The van der Waals surface area contributed by atoms with Gasteiger partial charge < -0.3 is 90.1 Å². The number of phenols is 12. The number of carbonyl (C=O) groups excluding carboxylic acids is 4. The van der Waals surface area contributed by atoms with E-state index >= 15 is 0 Å². The molecule has 0 spiro atoms. The molecule has 0 amide bonds. The number of rotatable bonds is 0. The lowest BCUT2D eigenvalue weighted by molar-refractivity contribution is -0.284. The van der Waals surface area contributed by atoms with Crippen LogP contribution in [0.4, 0.5) is 0 Å². The highest BCUT2D eigenvalue weighted by Crippen LogP contribution is 2.54. The van der Waals surface area contributed by atoms with Crippen molar-refractivity contribution in [1.29, 1.82) is 0 Å². The van der Waals surface area contributed by atoms with Crippen LogP contribution in [0.3, 0.4) is 0 Å². The summed E-state index contributed by atoms with van der Waals surface area (Å²) >= 11 is 0. The van der Waals surface area contributed by atoms with Crippen LogP contribution in [-0.4, -0.2) is 128 Å². The molecule has 4 aromatic carbocycles. The quantitative estimate of drug-likeness (QED) is 0.0661. The number of aliphatic hydroxyl groups is 1. The zero-order valence-electron chi connectivity index (χ0n) is 27.4. The van der Waals surface area contributed by atoms with Gasteiger partial charge in [-0.1, -0.05) is 0 Å². The molecule has 0 radical (unpaired) electrons. The zero-order valence-corrected chi connectivity index (χ0v) is 27.4. The first kappa shape index (κ1) is 36.6. The number of phenolic OH excluding ortho intramolecular Hbond substituents is 12. The van der Waals surface area contributed by atoms with Gasteiger partial charge in [-0.2, -0.15) is 0 Å². The molecule has 5 atom stereocenters. The Bertz CT molecular complexity index is 2440. The lowest BCUT2D eigenvalue weighted by Crippen LogP contribution is -2.62. The van der Waals surface area contributed by atoms with Gasteiger partial charge in [0.2, 0.25) is 23.0 Å². The molecule has 3 heterocycles. The second-order valence-electron chi connectivity index (χ2n) is 12.3. The Kier molecular flexibility index (Phi) is 8.31. The first-order chi connectivity index (χ1) is 26.3. The maximum Gasteiger partial charge on any atom is 0.342 e. The lowest BCUT2D eigenvalue weighted by Gasteiger charge is -2.42. The maximum absolute atomic E-state index is 14.1. The summed E-state index contributed by atoms with van der Waals surface area (Å²) in [5, 5.41) is 137. The third-order valence-corrected chi connectivity index (χ3v) is 9.13. The number of hydrogen-bond donors (Lipinski definition) is 13. The van der Waals surface area contributed by atoms with Crippen molar-refractivity contribution in [3.8, 4) is 91.2 Å². The molecule has 3 aliphatic rings. The van der Waals surface area contributed by atoms with Crippen LogP contribution in [0, 0.1) is 0 Å². The van der Waals surface area contributed by atoms with Gasteiger partial charge >= 0.3 is 23.9 Å². The molecule has 0 aromatic heterocycles. The molecule has 7 rings (SSSR count). The molecule has 0 saturated carbocycles. The molecular weight excluding hydrogens is 760 g/mol. The molecule has 5 unspecified atom stereocenters. The predicted molar refractivity (Wildman–Crippen MR) is 173 cm³/mol. The number of fused-ring (bicyclic) bond motifs is 10. The van der Waals surface area contributed by atoms with Crippen molar-refractivity contribution in [2.24, 2.45) is 0 Å². The second-order valence-corrected chi connectivity index (χ2v) is 12.3. The first-order valence-electron chi connectivity index (χ1n) is 15.6. The van der Waals surface area contributed by atoms with Crippen molar-refractivity contribution in [1.82, 2.24) is 0 Å². The van der Waals surface area contributed by atoms with Crippen LogP contribution < -0.4 is 0 Å². The van der Waals surface area contributed by atoms with Crippen LogP contribution >= 0.6 is 0 Å². The highest BCUT2D eigenvalue weighted by molar-refractivity contribution is 6.09. The minimum Gasteiger partial charge on any atom is -0.504 e. The molecule has 1 saturated heterocycles. The number of ether oxygens (including phenoxy) is 5. The molecule has 292 valence electrons. The van der Waals surface area contributed by atoms with Crippen LogP contribution in [0.25, 0.3) is 22.3 Å². The minimum absolute atomic E-state index is 0.459. The summed E-state index contributed by atoms with van der Waals surface area (Å²) in [6, 6.07) is 2.06. The van der Waals surface area contributed by atoms with E-state index in [1.807, 2.05) is 0 Å². The van der Waals surface area contributed by atoms with Crippen molar-refractivity contribution < 1.29 is 109 Å². The van der Waals surface area contributed by atoms with Gasteiger partial charge in [0.15, 0.2) is 70.6 Å². The Morgan fingerprint density at radius 2 is 0.821 bits per heavy atom. The molecule has 0 aliphatic carbocycles. The Morgan fingerprint density at radius 3 is 1.36 bits per heavy atom. The van der Waals surface area contributed by atoms with Gasteiger partial charge in [0.25, 0.3) is 0 Å². The van der Waals surface area contributed by atoms with E-state index in [9.17, 15) is 85.6 Å². The molecule has 13 N–H and O–H groups in total. The highest BCUT2D eigenvalue weighted by Gasteiger charge is 2.54. The topological polar surface area (TPSA) is 377 Å². The number of esters is 4. The normalized spacial score (nSPS) is 21.8. The van der Waals surface area contributed by atoms with Crippen LogP contribution in [0.1, 0.15) is 41.4 Å². The summed E-state index contributed by atoms with van der Waals surface area (Å²) in [5.41, 5.74) is -7.61. The fraction of sp³-hybridized carbons (Fsp3) is 0.176. The summed E-state index contributed by atoms with van der Waals surface area (Å²) in [5.74, 6) is -22.1. The summed E-state index contributed by atoms with van der Waals surface area (Å²) in [6.45, 7) is -1.10. The lowest BCUT2D eigenvalue weighted by atomic mass is 9.92. The molecule has 4 aromatic rings. The number of hydrogen-bond acceptors (Lipinski definition) is 22. The van der Waals surface area contributed by atoms with E-state index in [1.54, 1.807) is 0 Å². The number of carbonyl (C=O) groups is 4. The average molecular weight is 785 g/mol. The van der Waals surface area contributed by atoms with E-state index < -0.39 is 175 Å². The zero-order chi connectivity index (χ0) is 40.8. The Hall–Kier alpha value is -7.72. The van der Waals surface area contributed by atoms with E-state index in [0.717, 1.165) is 0 Å². The second kappa shape index (κ2) is 12.7. The fourth-order valence-electron chi connectivity index (χ4n) is 6.42.